The molecule has 1 aliphatic rings. The third-order valence-corrected chi connectivity index (χ3v) is 6.87. The minimum absolute atomic E-state index is 0.0696. The van der Waals surface area contributed by atoms with Gasteiger partial charge in [-0.1, -0.05) is 0 Å². The molecule has 114 valence electrons. The molecule has 0 bridgehead atoms. The number of sulfonamides is 1. The third-order valence-electron chi connectivity index (χ3n) is 3.89. The van der Waals surface area contributed by atoms with E-state index in [2.05, 4.69) is 5.10 Å². The number of hydrogen-bond acceptors (Lipinski definition) is 5. The van der Waals surface area contributed by atoms with E-state index in [4.69, 9.17) is 5.73 Å². The van der Waals surface area contributed by atoms with E-state index in [0.29, 0.717) is 13.1 Å². The van der Waals surface area contributed by atoms with Crippen molar-refractivity contribution in [2.45, 2.75) is 37.8 Å². The van der Waals surface area contributed by atoms with Gasteiger partial charge in [-0.25, -0.2) is 8.42 Å². The molecule has 0 aliphatic carbocycles. The average molecular weight is 326 g/mol. The van der Waals surface area contributed by atoms with E-state index in [1.807, 2.05) is 25.3 Å². The summed E-state index contributed by atoms with van der Waals surface area (Å²) in [7, 11) is -3.62. The van der Waals surface area contributed by atoms with Crippen LogP contribution in [0, 0.1) is 0 Å². The highest BCUT2D eigenvalue weighted by Gasteiger charge is 2.36. The van der Waals surface area contributed by atoms with Crippen LogP contribution in [0.5, 0.6) is 0 Å². The number of rotatable bonds is 3. The fraction of sp³-hybridized carbons (Fsp3) is 0.462. The normalized spacial score (nSPS) is 19.6. The van der Waals surface area contributed by atoms with Crippen molar-refractivity contribution in [3.8, 4) is 0 Å². The molecule has 2 N–H and O–H groups in total. The van der Waals surface area contributed by atoms with E-state index in [1.54, 1.807) is 16.0 Å². The van der Waals surface area contributed by atoms with Crippen LogP contribution in [0.4, 0.5) is 5.82 Å². The van der Waals surface area contributed by atoms with Crippen molar-refractivity contribution in [2.75, 3.05) is 12.3 Å². The Labute approximate surface area is 128 Å². The van der Waals surface area contributed by atoms with Crippen LogP contribution in [0.15, 0.2) is 22.5 Å². The predicted molar refractivity (Wildman–Crippen MR) is 82.6 cm³/mol. The van der Waals surface area contributed by atoms with Gasteiger partial charge >= 0.3 is 0 Å². The minimum atomic E-state index is -3.62. The van der Waals surface area contributed by atoms with Gasteiger partial charge in [0.25, 0.3) is 0 Å². The molecule has 3 rings (SSSR count). The molecule has 21 heavy (non-hydrogen) atoms. The maximum atomic E-state index is 12.9. The van der Waals surface area contributed by atoms with Crippen LogP contribution >= 0.6 is 11.3 Å². The number of nitrogens with two attached hydrogens (primary N) is 1. The Kier molecular flexibility index (Phi) is 3.54. The summed E-state index contributed by atoms with van der Waals surface area (Å²) in [6.45, 7) is 4.88. The smallest absolute Gasteiger partial charge is 0.248 e. The molecule has 0 spiro atoms. The molecule has 1 atom stereocenters. The van der Waals surface area contributed by atoms with Crippen molar-refractivity contribution < 1.29 is 8.42 Å². The summed E-state index contributed by atoms with van der Waals surface area (Å²) in [4.78, 5) is 1.38. The molecule has 0 saturated heterocycles. The number of anilines is 1. The van der Waals surface area contributed by atoms with Gasteiger partial charge in [0.1, 0.15) is 4.90 Å². The summed E-state index contributed by atoms with van der Waals surface area (Å²) in [5.74, 6) is 0.0696. The second-order valence-corrected chi connectivity index (χ2v) is 7.93. The molecule has 0 saturated carbocycles. The van der Waals surface area contributed by atoms with Gasteiger partial charge in [-0.15, -0.1) is 11.3 Å². The van der Waals surface area contributed by atoms with E-state index >= 15 is 0 Å². The second-order valence-electron chi connectivity index (χ2n) is 5.08. The zero-order chi connectivity index (χ0) is 15.2. The van der Waals surface area contributed by atoms with Crippen LogP contribution < -0.4 is 5.73 Å². The molecular formula is C13H18N4O2S2. The van der Waals surface area contributed by atoms with Crippen molar-refractivity contribution in [3.05, 3.63) is 28.1 Å². The van der Waals surface area contributed by atoms with Crippen LogP contribution in [-0.4, -0.2) is 29.0 Å². The van der Waals surface area contributed by atoms with Crippen molar-refractivity contribution in [1.82, 2.24) is 14.1 Å². The van der Waals surface area contributed by atoms with Gasteiger partial charge in [-0.2, -0.15) is 9.40 Å². The highest BCUT2D eigenvalue weighted by atomic mass is 32.2. The van der Waals surface area contributed by atoms with Crippen LogP contribution in [0.2, 0.25) is 0 Å². The number of nitrogens with zero attached hydrogens (tertiary/aromatic N) is 3. The van der Waals surface area contributed by atoms with Crippen LogP contribution in [0.25, 0.3) is 0 Å². The molecule has 0 radical (unpaired) electrons. The number of aryl methyl sites for hydroxylation is 1. The van der Waals surface area contributed by atoms with Gasteiger partial charge in [-0.3, -0.25) is 4.68 Å². The van der Waals surface area contributed by atoms with Gasteiger partial charge in [0.15, 0.2) is 5.82 Å². The van der Waals surface area contributed by atoms with E-state index < -0.39 is 10.0 Å². The number of aromatic nitrogens is 2. The van der Waals surface area contributed by atoms with Crippen molar-refractivity contribution >= 4 is 27.2 Å². The van der Waals surface area contributed by atoms with E-state index in [1.165, 1.54) is 15.4 Å². The second kappa shape index (κ2) is 5.11. The zero-order valence-corrected chi connectivity index (χ0v) is 13.6. The highest BCUT2D eigenvalue weighted by Crippen LogP contribution is 2.37. The lowest BCUT2D eigenvalue weighted by Crippen LogP contribution is -2.38. The standard InChI is InChI=1S/C13H18N4O2S2/c1-3-16-8-12(13(14)15-16)21(18,19)17-6-4-11-10(9(17)2)5-7-20-11/h5,7-9H,3-4,6H2,1-2H3,(H2,14,15). The zero-order valence-electron chi connectivity index (χ0n) is 12.0. The first-order valence-electron chi connectivity index (χ1n) is 6.86. The lowest BCUT2D eigenvalue weighted by Gasteiger charge is -2.32. The topological polar surface area (TPSA) is 81.2 Å². The molecule has 8 heteroatoms. The van der Waals surface area contributed by atoms with Crippen LogP contribution in [-0.2, 0) is 23.0 Å². The van der Waals surface area contributed by atoms with E-state index in [-0.39, 0.29) is 16.8 Å². The van der Waals surface area contributed by atoms with Crippen LogP contribution in [0.3, 0.4) is 0 Å². The maximum Gasteiger partial charge on any atom is 0.248 e. The first-order chi connectivity index (χ1) is 9.95. The van der Waals surface area contributed by atoms with Gasteiger partial charge in [0, 0.05) is 30.2 Å². The highest BCUT2D eigenvalue weighted by molar-refractivity contribution is 7.89. The lowest BCUT2D eigenvalue weighted by atomic mass is 10.0. The number of thiophene rings is 1. The molecule has 1 unspecified atom stereocenters. The first-order valence-corrected chi connectivity index (χ1v) is 9.18. The molecule has 6 nitrogen and oxygen atoms in total. The molecular weight excluding hydrogens is 308 g/mol. The molecule has 0 aromatic carbocycles. The summed E-state index contributed by atoms with van der Waals surface area (Å²) < 4.78 is 28.8. The number of nitrogen functional groups attached to an aromatic ring is 1. The number of hydrogen-bond donors (Lipinski definition) is 1. The Hall–Kier alpha value is -1.38. The van der Waals surface area contributed by atoms with Crippen LogP contribution in [0.1, 0.15) is 30.3 Å². The summed E-state index contributed by atoms with van der Waals surface area (Å²) in [5, 5.41) is 6.05. The first kappa shape index (κ1) is 14.6. The fourth-order valence-corrected chi connectivity index (χ4v) is 5.36. The molecule has 3 heterocycles. The van der Waals surface area contributed by atoms with Gasteiger partial charge < -0.3 is 5.73 Å². The Bertz CT molecular complexity index is 763. The minimum Gasteiger partial charge on any atom is -0.381 e. The lowest BCUT2D eigenvalue weighted by molar-refractivity contribution is 0.329. The summed E-state index contributed by atoms with van der Waals surface area (Å²) in [6, 6.07) is 1.83. The summed E-state index contributed by atoms with van der Waals surface area (Å²) in [5.41, 5.74) is 6.89. The summed E-state index contributed by atoms with van der Waals surface area (Å²) >= 11 is 1.69. The predicted octanol–water partition coefficient (Wildman–Crippen LogP) is 1.85. The van der Waals surface area contributed by atoms with E-state index in [0.717, 1.165) is 12.0 Å². The Balaban J connectivity index is 2.01. The van der Waals surface area contributed by atoms with Crippen molar-refractivity contribution in [3.63, 3.8) is 0 Å². The Morgan fingerprint density at radius 3 is 2.95 bits per heavy atom. The SMILES string of the molecule is CCn1cc(S(=O)(=O)N2CCc3sccc3C2C)c(N)n1. The monoisotopic (exact) mass is 326 g/mol. The number of fused-ring (bicyclic) bond motifs is 1. The van der Waals surface area contributed by atoms with Gasteiger partial charge in [0.05, 0.1) is 0 Å². The van der Waals surface area contributed by atoms with Crippen molar-refractivity contribution in [1.29, 1.82) is 0 Å². The van der Waals surface area contributed by atoms with Gasteiger partial charge in [0.2, 0.25) is 10.0 Å². The molecule has 0 amide bonds. The fourth-order valence-electron chi connectivity index (χ4n) is 2.72. The molecule has 1 aliphatic heterocycles. The summed E-state index contributed by atoms with van der Waals surface area (Å²) in [6.07, 6.45) is 2.26. The third kappa shape index (κ3) is 2.27. The quantitative estimate of drug-likeness (QED) is 0.933. The Morgan fingerprint density at radius 1 is 1.52 bits per heavy atom. The Morgan fingerprint density at radius 2 is 2.29 bits per heavy atom. The molecule has 0 fully saturated rings. The largest absolute Gasteiger partial charge is 0.381 e. The molecule has 2 aromatic heterocycles. The van der Waals surface area contributed by atoms with Gasteiger partial charge in [-0.05, 0) is 37.3 Å². The average Bonchev–Trinajstić information content (AvgIpc) is 3.05. The maximum absolute atomic E-state index is 12.9. The van der Waals surface area contributed by atoms with E-state index in [9.17, 15) is 8.42 Å². The molecule has 2 aromatic rings. The van der Waals surface area contributed by atoms with Crippen molar-refractivity contribution in [2.24, 2.45) is 0 Å².